The summed E-state index contributed by atoms with van der Waals surface area (Å²) in [6, 6.07) is 15.9. The maximum atomic E-state index is 12.2. The lowest BCUT2D eigenvalue weighted by molar-refractivity contribution is -0.121. The highest BCUT2D eigenvalue weighted by atomic mass is 16.2. The van der Waals surface area contributed by atoms with E-state index in [0.717, 1.165) is 30.0 Å². The smallest absolute Gasteiger partial charge is 0.224 e. The number of hydrogen-bond donors (Lipinski definition) is 1. The number of aryl methyl sites for hydroxylation is 1. The van der Waals surface area contributed by atoms with E-state index in [2.05, 4.69) is 24.1 Å². The quantitative estimate of drug-likeness (QED) is 0.723. The van der Waals surface area contributed by atoms with Crippen molar-refractivity contribution in [3.8, 4) is 0 Å². The van der Waals surface area contributed by atoms with E-state index >= 15 is 0 Å². The van der Waals surface area contributed by atoms with Crippen LogP contribution < -0.4 is 15.1 Å². The molecule has 2 aromatic carbocycles. The van der Waals surface area contributed by atoms with E-state index in [0.29, 0.717) is 19.5 Å². The van der Waals surface area contributed by atoms with Gasteiger partial charge in [0.05, 0.1) is 6.42 Å². The third-order valence-corrected chi connectivity index (χ3v) is 4.81. The Bertz CT molecular complexity index is 765. The summed E-state index contributed by atoms with van der Waals surface area (Å²) in [5, 5.41) is 2.91. The highest BCUT2D eigenvalue weighted by Crippen LogP contribution is 2.20. The van der Waals surface area contributed by atoms with Crippen LogP contribution in [0.5, 0.6) is 0 Å². The van der Waals surface area contributed by atoms with E-state index in [-0.39, 0.29) is 11.8 Å². The molecule has 0 aliphatic rings. The van der Waals surface area contributed by atoms with Crippen LogP contribution >= 0.6 is 0 Å². The SMILES string of the molecule is CCN(CC)c1ccc(N(CCNC(=O)Cc2ccc(C)cc2)C(C)=O)cc1. The van der Waals surface area contributed by atoms with Gasteiger partial charge >= 0.3 is 0 Å². The van der Waals surface area contributed by atoms with Gasteiger partial charge in [0, 0.05) is 44.5 Å². The van der Waals surface area contributed by atoms with Crippen LogP contribution in [-0.2, 0) is 16.0 Å². The van der Waals surface area contributed by atoms with Gasteiger partial charge in [-0.3, -0.25) is 9.59 Å². The van der Waals surface area contributed by atoms with Crippen LogP contribution in [0.25, 0.3) is 0 Å². The standard InChI is InChI=1S/C23H31N3O2/c1-5-25(6-2)21-11-13-22(14-12-21)26(19(4)27)16-15-24-23(28)17-20-9-7-18(3)8-10-20/h7-14H,5-6,15-17H2,1-4H3,(H,24,28). The third-order valence-electron chi connectivity index (χ3n) is 4.81. The maximum Gasteiger partial charge on any atom is 0.224 e. The molecule has 0 aromatic heterocycles. The second kappa shape index (κ2) is 10.5. The molecule has 2 rings (SSSR count). The fourth-order valence-electron chi connectivity index (χ4n) is 3.16. The third kappa shape index (κ3) is 6.12. The Labute approximate surface area is 168 Å². The Balaban J connectivity index is 1.91. The summed E-state index contributed by atoms with van der Waals surface area (Å²) < 4.78 is 0. The summed E-state index contributed by atoms with van der Waals surface area (Å²) in [4.78, 5) is 28.2. The molecule has 0 heterocycles. The van der Waals surface area contributed by atoms with Crippen molar-refractivity contribution in [2.45, 2.75) is 34.1 Å². The summed E-state index contributed by atoms with van der Waals surface area (Å²) in [5.41, 5.74) is 4.15. The molecule has 0 fully saturated rings. The average Bonchev–Trinajstić information content (AvgIpc) is 2.68. The van der Waals surface area contributed by atoms with Crippen LogP contribution in [0.15, 0.2) is 48.5 Å². The van der Waals surface area contributed by atoms with Crippen molar-refractivity contribution in [1.29, 1.82) is 0 Å². The molecule has 0 atom stereocenters. The fraction of sp³-hybridized carbons (Fsp3) is 0.391. The van der Waals surface area contributed by atoms with Crippen molar-refractivity contribution >= 4 is 23.2 Å². The number of anilines is 2. The summed E-state index contributed by atoms with van der Waals surface area (Å²) in [6.07, 6.45) is 0.346. The number of amides is 2. The first-order chi connectivity index (χ1) is 13.4. The summed E-state index contributed by atoms with van der Waals surface area (Å²) in [6.45, 7) is 10.6. The van der Waals surface area contributed by atoms with Crippen LogP contribution in [0.3, 0.4) is 0 Å². The van der Waals surface area contributed by atoms with Crippen LogP contribution in [0.4, 0.5) is 11.4 Å². The fourth-order valence-corrected chi connectivity index (χ4v) is 3.16. The number of carbonyl (C=O) groups excluding carboxylic acids is 2. The second-order valence-electron chi connectivity index (χ2n) is 6.87. The van der Waals surface area contributed by atoms with E-state index in [1.165, 1.54) is 5.56 Å². The molecule has 0 bridgehead atoms. The zero-order valence-electron chi connectivity index (χ0n) is 17.4. The van der Waals surface area contributed by atoms with E-state index in [1.54, 1.807) is 11.8 Å². The minimum atomic E-state index is -0.0385. The lowest BCUT2D eigenvalue weighted by atomic mass is 10.1. The molecule has 0 saturated carbocycles. The first-order valence-electron chi connectivity index (χ1n) is 9.90. The maximum absolute atomic E-state index is 12.2. The average molecular weight is 382 g/mol. The zero-order valence-corrected chi connectivity index (χ0v) is 17.4. The second-order valence-corrected chi connectivity index (χ2v) is 6.87. The van der Waals surface area contributed by atoms with Gasteiger partial charge in [-0.15, -0.1) is 0 Å². The predicted molar refractivity (Wildman–Crippen MR) is 116 cm³/mol. The molecule has 2 amide bonds. The lowest BCUT2D eigenvalue weighted by Crippen LogP contribution is -2.38. The van der Waals surface area contributed by atoms with Gasteiger partial charge < -0.3 is 15.1 Å². The van der Waals surface area contributed by atoms with E-state index in [9.17, 15) is 9.59 Å². The first-order valence-corrected chi connectivity index (χ1v) is 9.90. The molecule has 0 unspecified atom stereocenters. The van der Waals surface area contributed by atoms with Crippen LogP contribution in [0.2, 0.25) is 0 Å². The number of carbonyl (C=O) groups is 2. The molecule has 1 N–H and O–H groups in total. The summed E-state index contributed by atoms with van der Waals surface area (Å²) in [5.74, 6) is -0.0763. The van der Waals surface area contributed by atoms with Gasteiger partial charge in [-0.05, 0) is 50.6 Å². The molecule has 0 spiro atoms. The molecule has 2 aromatic rings. The van der Waals surface area contributed by atoms with Gasteiger partial charge in [0.25, 0.3) is 0 Å². The number of hydrogen-bond acceptors (Lipinski definition) is 3. The first kappa shape index (κ1) is 21.5. The molecule has 5 nitrogen and oxygen atoms in total. The van der Waals surface area contributed by atoms with Gasteiger partial charge in [-0.2, -0.15) is 0 Å². The van der Waals surface area contributed by atoms with Crippen molar-refractivity contribution in [1.82, 2.24) is 5.32 Å². The molecule has 5 heteroatoms. The number of nitrogens with zero attached hydrogens (tertiary/aromatic N) is 2. The van der Waals surface area contributed by atoms with Crippen molar-refractivity contribution in [2.75, 3.05) is 36.0 Å². The zero-order chi connectivity index (χ0) is 20.5. The Morgan fingerprint density at radius 3 is 2.00 bits per heavy atom. The summed E-state index contributed by atoms with van der Waals surface area (Å²) in [7, 11) is 0. The predicted octanol–water partition coefficient (Wildman–Crippen LogP) is 3.55. The van der Waals surface area contributed by atoms with Crippen LogP contribution in [0.1, 0.15) is 31.9 Å². The topological polar surface area (TPSA) is 52.6 Å². The van der Waals surface area contributed by atoms with Gasteiger partial charge in [-0.25, -0.2) is 0 Å². The van der Waals surface area contributed by atoms with Crippen molar-refractivity contribution < 1.29 is 9.59 Å². The molecule has 150 valence electrons. The van der Waals surface area contributed by atoms with Gasteiger partial charge in [-0.1, -0.05) is 29.8 Å². The molecule has 0 radical (unpaired) electrons. The minimum absolute atomic E-state index is 0.0377. The van der Waals surface area contributed by atoms with Gasteiger partial charge in [0.15, 0.2) is 0 Å². The lowest BCUT2D eigenvalue weighted by Gasteiger charge is -2.24. The largest absolute Gasteiger partial charge is 0.372 e. The molecule has 28 heavy (non-hydrogen) atoms. The molecule has 0 aliphatic carbocycles. The van der Waals surface area contributed by atoms with Gasteiger partial charge in [0.2, 0.25) is 11.8 Å². The number of nitrogens with one attached hydrogen (secondary N) is 1. The molecule has 0 saturated heterocycles. The van der Waals surface area contributed by atoms with Crippen molar-refractivity contribution in [2.24, 2.45) is 0 Å². The van der Waals surface area contributed by atoms with E-state index in [4.69, 9.17) is 0 Å². The molecular formula is C23H31N3O2. The number of rotatable bonds is 9. The minimum Gasteiger partial charge on any atom is -0.372 e. The Morgan fingerprint density at radius 1 is 0.893 bits per heavy atom. The van der Waals surface area contributed by atoms with Crippen molar-refractivity contribution in [3.63, 3.8) is 0 Å². The Kier molecular flexibility index (Phi) is 8.05. The molecular weight excluding hydrogens is 350 g/mol. The summed E-state index contributed by atoms with van der Waals surface area (Å²) >= 11 is 0. The normalized spacial score (nSPS) is 10.4. The molecule has 0 aliphatic heterocycles. The van der Waals surface area contributed by atoms with Crippen LogP contribution in [0, 0.1) is 6.92 Å². The monoisotopic (exact) mass is 381 g/mol. The van der Waals surface area contributed by atoms with Gasteiger partial charge in [0.1, 0.15) is 0 Å². The van der Waals surface area contributed by atoms with E-state index in [1.807, 2.05) is 55.5 Å². The number of benzene rings is 2. The Morgan fingerprint density at radius 2 is 1.46 bits per heavy atom. The Hall–Kier alpha value is -2.82. The van der Waals surface area contributed by atoms with Crippen molar-refractivity contribution in [3.05, 3.63) is 59.7 Å². The highest BCUT2D eigenvalue weighted by molar-refractivity contribution is 5.91. The highest BCUT2D eigenvalue weighted by Gasteiger charge is 2.13. The van der Waals surface area contributed by atoms with E-state index < -0.39 is 0 Å². The van der Waals surface area contributed by atoms with Crippen LogP contribution in [-0.4, -0.2) is 38.0 Å².